The summed E-state index contributed by atoms with van der Waals surface area (Å²) in [5, 5.41) is 5.07. The SMILES string of the molecule is C[C@@H](c1ccccc1)N(CC(=O)N(CCCCN)CC(=O)N(CCc1c[nH]c2ccccc12)CC(=O)N(CCc1c[nH]c2ccccc12)CC(N)=O)C(=O)CN(CCCCN)C(=O)CN(CCCCN)C(=O)CN(Cc1ccccc1)C(=O)CN(Cc1ccccc1)C(=O)CN(CCCCN)C(=O)CN(C(=O)CN(C(=O)CNCCCCN)[C@@H](C)c1ccccc1)[C@@H](C)c1ccccc1. The Morgan fingerprint density at radius 1 is 0.284 bits per heavy atom. The van der Waals surface area contributed by atoms with Crippen LogP contribution in [0.1, 0.15) is 142 Å². The molecule has 0 radical (unpaired) electrons. The van der Waals surface area contributed by atoms with Crippen LogP contribution in [-0.4, -0.2) is 292 Å². The van der Waals surface area contributed by atoms with E-state index in [9.17, 15) is 14.4 Å². The molecule has 0 aliphatic heterocycles. The fourth-order valence-electron chi connectivity index (χ4n) is 16.3. The number of carbonyl (C=O) groups is 12. The molecule has 15 N–H and O–H groups in total. The Morgan fingerprint density at radius 2 is 0.545 bits per heavy atom. The summed E-state index contributed by atoms with van der Waals surface area (Å²) >= 11 is 0. The van der Waals surface area contributed by atoms with Gasteiger partial charge in [-0.2, -0.15) is 0 Å². The molecule has 0 aliphatic carbocycles. The lowest BCUT2D eigenvalue weighted by atomic mass is 10.1. The molecule has 0 spiro atoms. The number of hydrogen-bond donors (Lipinski definition) is 9. The van der Waals surface area contributed by atoms with Crippen molar-refractivity contribution in [2.24, 2.45) is 34.4 Å². The number of fused-ring (bicyclic) bond motifs is 2. The van der Waals surface area contributed by atoms with Crippen molar-refractivity contribution in [3.05, 3.63) is 252 Å². The van der Waals surface area contributed by atoms with E-state index in [2.05, 4.69) is 15.3 Å². The number of benzene rings is 7. The summed E-state index contributed by atoms with van der Waals surface area (Å²) in [6, 6.07) is 58.8. The van der Waals surface area contributed by atoms with E-state index < -0.39 is 155 Å². The molecule has 0 fully saturated rings. The Morgan fingerprint density at radius 3 is 0.888 bits per heavy atom. The lowest BCUT2D eigenvalue weighted by Gasteiger charge is -2.36. The van der Waals surface area contributed by atoms with Crippen LogP contribution in [0.15, 0.2) is 213 Å². The molecular weight excluding hydrogens is 1700 g/mol. The van der Waals surface area contributed by atoms with Crippen LogP contribution in [0.5, 0.6) is 0 Å². The van der Waals surface area contributed by atoms with E-state index in [1.807, 2.05) is 141 Å². The van der Waals surface area contributed by atoms with Gasteiger partial charge in [-0.25, -0.2) is 0 Å². The molecule has 134 heavy (non-hydrogen) atoms. The van der Waals surface area contributed by atoms with Gasteiger partial charge in [0.05, 0.1) is 63.9 Å². The number of amides is 12. The van der Waals surface area contributed by atoms with Crippen molar-refractivity contribution in [3.63, 3.8) is 0 Å². The van der Waals surface area contributed by atoms with E-state index in [-0.39, 0.29) is 91.0 Å². The van der Waals surface area contributed by atoms with Crippen molar-refractivity contribution < 1.29 is 57.5 Å². The highest BCUT2D eigenvalue weighted by atomic mass is 16.2. The molecule has 3 atom stereocenters. The predicted molar refractivity (Wildman–Crippen MR) is 520 cm³/mol. The van der Waals surface area contributed by atoms with Crippen LogP contribution in [0, 0.1) is 0 Å². The molecule has 2 heterocycles. The van der Waals surface area contributed by atoms with Gasteiger partial charge in [-0.15, -0.1) is 0 Å². The van der Waals surface area contributed by atoms with E-state index in [4.69, 9.17) is 34.4 Å². The smallest absolute Gasteiger partial charge is 0.243 e. The number of aromatic amines is 2. The first kappa shape index (κ1) is 105. The number of carbonyl (C=O) groups excluding carboxylic acids is 12. The van der Waals surface area contributed by atoms with Crippen LogP contribution >= 0.6 is 0 Å². The average Bonchev–Trinajstić information content (AvgIpc) is 1.63. The molecule has 9 rings (SSSR count). The number of unbranched alkanes of at least 4 members (excludes halogenated alkanes) is 5. The van der Waals surface area contributed by atoms with Gasteiger partial charge in [0, 0.05) is 86.6 Å². The summed E-state index contributed by atoms with van der Waals surface area (Å²) in [6.45, 7) is 1.53. The number of rotatable bonds is 60. The minimum absolute atomic E-state index is 0.00568. The zero-order chi connectivity index (χ0) is 96.1. The molecule has 718 valence electrons. The number of para-hydroxylation sites is 2. The Labute approximate surface area is 787 Å². The predicted octanol–water partition coefficient (Wildman–Crippen LogP) is 7.00. The third-order valence-electron chi connectivity index (χ3n) is 24.3. The van der Waals surface area contributed by atoms with Crippen molar-refractivity contribution in [2.75, 3.05) is 157 Å². The highest BCUT2D eigenvalue weighted by Gasteiger charge is 2.37. The average molecular weight is 1840 g/mol. The number of hydrogen-bond acceptors (Lipinski definition) is 18. The Bertz CT molecular complexity index is 5190. The van der Waals surface area contributed by atoms with E-state index in [1.165, 1.54) is 53.9 Å². The van der Waals surface area contributed by atoms with E-state index in [1.54, 1.807) is 92.7 Å². The summed E-state index contributed by atoms with van der Waals surface area (Å²) < 4.78 is 0. The molecule has 0 saturated heterocycles. The molecule has 32 heteroatoms. The zero-order valence-electron chi connectivity index (χ0n) is 78.1. The summed E-state index contributed by atoms with van der Waals surface area (Å²) in [7, 11) is 0. The van der Waals surface area contributed by atoms with Crippen LogP contribution in [0.4, 0.5) is 0 Å². The van der Waals surface area contributed by atoms with Crippen molar-refractivity contribution in [2.45, 2.75) is 129 Å². The van der Waals surface area contributed by atoms with Gasteiger partial charge in [0.2, 0.25) is 70.9 Å². The van der Waals surface area contributed by atoms with Crippen LogP contribution < -0.4 is 39.7 Å². The molecule has 0 bridgehead atoms. The number of aromatic nitrogens is 2. The van der Waals surface area contributed by atoms with Gasteiger partial charge < -0.3 is 104 Å². The van der Waals surface area contributed by atoms with Gasteiger partial charge in [-0.05, 0) is 188 Å². The lowest BCUT2D eigenvalue weighted by molar-refractivity contribution is -0.150. The van der Waals surface area contributed by atoms with Gasteiger partial charge in [0.1, 0.15) is 32.7 Å². The largest absolute Gasteiger partial charge is 0.368 e. The molecule has 12 amide bonds. The van der Waals surface area contributed by atoms with Gasteiger partial charge in [-0.3, -0.25) is 57.5 Å². The van der Waals surface area contributed by atoms with E-state index in [0.29, 0.717) is 99.6 Å². The third kappa shape index (κ3) is 33.0. The molecule has 0 unspecified atom stereocenters. The fraction of sp³-hybridized carbons (Fsp3) is 0.431. The Kier molecular flexibility index (Phi) is 43.9. The number of H-pyrrole nitrogens is 2. The van der Waals surface area contributed by atoms with Crippen molar-refractivity contribution in [1.82, 2.24) is 69.2 Å². The quantitative estimate of drug-likeness (QED) is 0.0173. The second-order valence-corrected chi connectivity index (χ2v) is 34.0. The second kappa shape index (κ2) is 56.1. The second-order valence-electron chi connectivity index (χ2n) is 34.0. The molecule has 32 nitrogen and oxygen atoms in total. The minimum Gasteiger partial charge on any atom is -0.368 e. The van der Waals surface area contributed by atoms with Crippen LogP contribution in [0.3, 0.4) is 0 Å². The maximum absolute atomic E-state index is 15.7. The normalized spacial score (nSPS) is 11.9. The first-order chi connectivity index (χ1) is 64.9. The molecular formula is C102H138N20O12. The monoisotopic (exact) mass is 1840 g/mol. The third-order valence-corrected chi connectivity index (χ3v) is 24.3. The number of primary amides is 1. The zero-order valence-corrected chi connectivity index (χ0v) is 78.1. The van der Waals surface area contributed by atoms with Crippen molar-refractivity contribution in [1.29, 1.82) is 0 Å². The van der Waals surface area contributed by atoms with Crippen molar-refractivity contribution >= 4 is 92.7 Å². The number of nitrogens with zero attached hydrogens (tertiary/aromatic N) is 11. The highest BCUT2D eigenvalue weighted by molar-refractivity contribution is 5.96. The Balaban J connectivity index is 0.969. The molecule has 7 aromatic carbocycles. The molecule has 0 aliphatic rings. The van der Waals surface area contributed by atoms with Gasteiger partial charge in [0.25, 0.3) is 0 Å². The van der Waals surface area contributed by atoms with Crippen LogP contribution in [0.2, 0.25) is 0 Å². The summed E-state index contributed by atoms with van der Waals surface area (Å²) in [5.41, 5.74) is 42.8. The van der Waals surface area contributed by atoms with Crippen molar-refractivity contribution in [3.8, 4) is 0 Å². The maximum Gasteiger partial charge on any atom is 0.243 e. The maximum atomic E-state index is 15.7. The summed E-state index contributed by atoms with van der Waals surface area (Å²) in [4.78, 5) is 203. The number of nitrogens with one attached hydrogen (secondary N) is 3. The fourth-order valence-corrected chi connectivity index (χ4v) is 16.3. The molecule has 9 aromatic rings. The standard InChI is InChI=1S/C102H138N20O12/c1-77(82-37-13-6-14-38-82)120(92(124)63-109-54-28-23-49-103)76-102(134)122(79(3)84-41-17-8-18-42-84)75-100(132)114(57-31-26-52-106)70-97(129)119(65-81-35-11-5-12-36-81)72-98(130)118(64-80-33-9-4-10-34-80)71-96(128)112(55-29-24-50-104)67-93(125)115(58-32-27-53-107)73-101(133)121(78(2)83-39-15-7-16-40-83)74-99(131)113(56-30-25-51-105)68-95(127)117(60-48-86-62-111-90-46-22-20-44-88(86)90)69-94(126)116(66-91(108)123)59-47-85-61-110-89-45-21-19-43-87(85)89/h4-22,33-46,61-62,77-79,109-111H,23-32,47-60,63-76,103-107H2,1-3H3,(H2,108,123)/t77-,78-,79-/m0/s1. The van der Waals surface area contributed by atoms with E-state index >= 15 is 43.2 Å². The topological polar surface area (TPSA) is 440 Å². The van der Waals surface area contributed by atoms with Gasteiger partial charge in [-0.1, -0.05) is 188 Å². The van der Waals surface area contributed by atoms with Crippen LogP contribution in [-0.2, 0) is 83.5 Å². The highest BCUT2D eigenvalue weighted by Crippen LogP contribution is 2.28. The van der Waals surface area contributed by atoms with E-state index in [0.717, 1.165) is 51.3 Å². The summed E-state index contributed by atoms with van der Waals surface area (Å²) in [5.74, 6) is -7.17. The van der Waals surface area contributed by atoms with Gasteiger partial charge in [0.15, 0.2) is 0 Å². The molecule has 2 aromatic heterocycles. The summed E-state index contributed by atoms with van der Waals surface area (Å²) in [6.07, 6.45) is 9.07. The number of nitrogens with two attached hydrogens (primary N) is 6. The van der Waals surface area contributed by atoms with Gasteiger partial charge >= 0.3 is 0 Å². The van der Waals surface area contributed by atoms with Crippen LogP contribution in [0.25, 0.3) is 21.8 Å². The Hall–Kier alpha value is -13.0. The first-order valence-electron chi connectivity index (χ1n) is 46.8. The lowest BCUT2D eigenvalue weighted by Crippen LogP contribution is -2.53. The molecule has 0 saturated carbocycles. The minimum atomic E-state index is -0.811. The first-order valence-corrected chi connectivity index (χ1v) is 46.8.